The summed E-state index contributed by atoms with van der Waals surface area (Å²) in [6, 6.07) is 4.98. The van der Waals surface area contributed by atoms with Crippen LogP contribution in [0.2, 0.25) is 0 Å². The molecule has 2 N–H and O–H groups in total. The van der Waals surface area contributed by atoms with Crippen molar-refractivity contribution in [3.05, 3.63) is 23.8 Å². The van der Waals surface area contributed by atoms with Gasteiger partial charge in [0.05, 0.1) is 25.5 Å². The number of carbonyl (C=O) groups excluding carboxylic acids is 2. The Balaban J connectivity index is 2.40. The van der Waals surface area contributed by atoms with Crippen LogP contribution in [0.25, 0.3) is 0 Å². The number of rotatable bonds is 4. The normalized spacial score (nSPS) is 18.2. The van der Waals surface area contributed by atoms with E-state index in [9.17, 15) is 9.59 Å². The van der Waals surface area contributed by atoms with Crippen LogP contribution in [0.5, 0.6) is 5.75 Å². The first-order valence-electron chi connectivity index (χ1n) is 6.37. The molecule has 0 saturated carbocycles. The molecule has 1 aliphatic rings. The number of ether oxygens (including phenoxy) is 2. The van der Waals surface area contributed by atoms with E-state index in [0.717, 1.165) is 0 Å². The first kappa shape index (κ1) is 14.3. The van der Waals surface area contributed by atoms with Crippen molar-refractivity contribution in [2.75, 3.05) is 32.2 Å². The lowest BCUT2D eigenvalue weighted by molar-refractivity contribution is -0.117. The number of methoxy groups -OCH3 is 2. The van der Waals surface area contributed by atoms with Crippen molar-refractivity contribution in [2.45, 2.75) is 6.42 Å². The van der Waals surface area contributed by atoms with Crippen molar-refractivity contribution in [3.8, 4) is 5.75 Å². The summed E-state index contributed by atoms with van der Waals surface area (Å²) in [6.07, 6.45) is 0.406. The number of benzene rings is 1. The van der Waals surface area contributed by atoms with Gasteiger partial charge in [-0.3, -0.25) is 4.79 Å². The zero-order chi connectivity index (χ0) is 14.7. The zero-order valence-corrected chi connectivity index (χ0v) is 11.6. The fraction of sp³-hybridized carbons (Fsp3) is 0.429. The number of esters is 1. The van der Waals surface area contributed by atoms with E-state index in [1.54, 1.807) is 23.1 Å². The number of hydrogen-bond donors (Lipinski definition) is 1. The van der Waals surface area contributed by atoms with Crippen LogP contribution in [0.1, 0.15) is 16.8 Å². The Kier molecular flexibility index (Phi) is 4.24. The van der Waals surface area contributed by atoms with E-state index in [2.05, 4.69) is 0 Å². The Morgan fingerprint density at radius 2 is 2.20 bits per heavy atom. The van der Waals surface area contributed by atoms with Crippen LogP contribution in [-0.2, 0) is 9.53 Å². The maximum Gasteiger partial charge on any atom is 0.340 e. The van der Waals surface area contributed by atoms with Crippen LogP contribution < -0.4 is 15.4 Å². The lowest BCUT2D eigenvalue weighted by atomic mass is 10.1. The third kappa shape index (κ3) is 2.60. The van der Waals surface area contributed by atoms with Gasteiger partial charge in [-0.2, -0.15) is 0 Å². The highest BCUT2D eigenvalue weighted by Crippen LogP contribution is 2.30. The molecule has 0 radical (unpaired) electrons. The molecule has 1 amide bonds. The monoisotopic (exact) mass is 278 g/mol. The first-order valence-corrected chi connectivity index (χ1v) is 6.37. The molecule has 2 rings (SSSR count). The predicted octanol–water partition coefficient (Wildman–Crippen LogP) is 0.793. The highest BCUT2D eigenvalue weighted by molar-refractivity contribution is 6.04. The van der Waals surface area contributed by atoms with Gasteiger partial charge in [0.1, 0.15) is 5.75 Å². The highest BCUT2D eigenvalue weighted by Gasteiger charge is 2.32. The third-order valence-electron chi connectivity index (χ3n) is 3.44. The minimum Gasteiger partial charge on any atom is -0.497 e. The van der Waals surface area contributed by atoms with Crippen molar-refractivity contribution in [3.63, 3.8) is 0 Å². The van der Waals surface area contributed by atoms with Crippen LogP contribution in [0, 0.1) is 5.92 Å². The molecule has 1 heterocycles. The lowest BCUT2D eigenvalue weighted by Gasteiger charge is -2.20. The standard InChI is InChI=1S/C14H18N2O4/c1-19-10-3-4-12(11(6-10)14(18)20-2)16-8-9(7-15)5-13(16)17/h3-4,6,9H,5,7-8,15H2,1-2H3. The second-order valence-electron chi connectivity index (χ2n) is 4.68. The Bertz CT molecular complexity index is 530. The molecule has 1 unspecified atom stereocenters. The van der Waals surface area contributed by atoms with Crippen molar-refractivity contribution in [1.82, 2.24) is 0 Å². The number of nitrogens with two attached hydrogens (primary N) is 1. The molecule has 1 atom stereocenters. The molecule has 6 nitrogen and oxygen atoms in total. The summed E-state index contributed by atoms with van der Waals surface area (Å²) in [5.41, 5.74) is 6.47. The summed E-state index contributed by atoms with van der Waals surface area (Å²) >= 11 is 0. The van der Waals surface area contributed by atoms with Crippen molar-refractivity contribution < 1.29 is 19.1 Å². The van der Waals surface area contributed by atoms with Gasteiger partial charge in [-0.25, -0.2) is 4.79 Å². The van der Waals surface area contributed by atoms with E-state index in [-0.39, 0.29) is 11.8 Å². The van der Waals surface area contributed by atoms with Gasteiger partial charge in [0.25, 0.3) is 0 Å². The molecule has 0 bridgehead atoms. The third-order valence-corrected chi connectivity index (χ3v) is 3.44. The van der Waals surface area contributed by atoms with Crippen molar-refractivity contribution >= 4 is 17.6 Å². The summed E-state index contributed by atoms with van der Waals surface area (Å²) in [7, 11) is 2.82. The van der Waals surface area contributed by atoms with E-state index in [1.807, 2.05) is 0 Å². The summed E-state index contributed by atoms with van der Waals surface area (Å²) < 4.78 is 9.87. The van der Waals surface area contributed by atoms with Crippen molar-refractivity contribution in [2.24, 2.45) is 11.7 Å². The molecule has 1 aromatic rings. The van der Waals surface area contributed by atoms with Gasteiger partial charge in [-0.05, 0) is 30.7 Å². The van der Waals surface area contributed by atoms with Gasteiger partial charge >= 0.3 is 5.97 Å². The largest absolute Gasteiger partial charge is 0.497 e. The highest BCUT2D eigenvalue weighted by atomic mass is 16.5. The van der Waals surface area contributed by atoms with Crippen LogP contribution in [0.15, 0.2) is 18.2 Å². The molecule has 0 aromatic heterocycles. The molecule has 1 aliphatic heterocycles. The van der Waals surface area contributed by atoms with Crippen LogP contribution in [-0.4, -0.2) is 39.2 Å². The van der Waals surface area contributed by atoms with E-state index in [4.69, 9.17) is 15.2 Å². The fourth-order valence-corrected chi connectivity index (χ4v) is 2.32. The Morgan fingerprint density at radius 1 is 1.45 bits per heavy atom. The number of anilines is 1. The van der Waals surface area contributed by atoms with E-state index < -0.39 is 5.97 Å². The minimum atomic E-state index is -0.497. The lowest BCUT2D eigenvalue weighted by Crippen LogP contribution is -2.27. The summed E-state index contributed by atoms with van der Waals surface area (Å²) in [4.78, 5) is 25.5. The molecule has 0 aliphatic carbocycles. The zero-order valence-electron chi connectivity index (χ0n) is 11.6. The molecule has 0 spiro atoms. The minimum absolute atomic E-state index is 0.0317. The van der Waals surface area contributed by atoms with Gasteiger partial charge in [0.15, 0.2) is 0 Å². The molecule has 108 valence electrons. The SMILES string of the molecule is COC(=O)c1cc(OC)ccc1N1CC(CN)CC1=O. The van der Waals surface area contributed by atoms with E-state index >= 15 is 0 Å². The number of amides is 1. The summed E-state index contributed by atoms with van der Waals surface area (Å²) in [5.74, 6) is 0.130. The molecule has 20 heavy (non-hydrogen) atoms. The average molecular weight is 278 g/mol. The Labute approximate surface area is 117 Å². The summed E-state index contributed by atoms with van der Waals surface area (Å²) in [6.45, 7) is 0.970. The first-order chi connectivity index (χ1) is 9.60. The average Bonchev–Trinajstić information content (AvgIpc) is 2.86. The molecular formula is C14H18N2O4. The smallest absolute Gasteiger partial charge is 0.340 e. The van der Waals surface area contributed by atoms with Gasteiger partial charge in [-0.15, -0.1) is 0 Å². The number of nitrogens with zero attached hydrogens (tertiary/aromatic N) is 1. The summed E-state index contributed by atoms with van der Waals surface area (Å²) in [5, 5.41) is 0. The number of carbonyl (C=O) groups is 2. The van der Waals surface area contributed by atoms with E-state index in [1.165, 1.54) is 14.2 Å². The Morgan fingerprint density at radius 3 is 2.75 bits per heavy atom. The predicted molar refractivity (Wildman–Crippen MR) is 73.8 cm³/mol. The maximum atomic E-state index is 12.0. The molecule has 1 fully saturated rings. The van der Waals surface area contributed by atoms with Gasteiger partial charge in [0, 0.05) is 13.0 Å². The fourth-order valence-electron chi connectivity index (χ4n) is 2.32. The Hall–Kier alpha value is -2.08. The second-order valence-corrected chi connectivity index (χ2v) is 4.68. The quantitative estimate of drug-likeness (QED) is 0.824. The molecule has 1 saturated heterocycles. The van der Waals surface area contributed by atoms with Crippen LogP contribution >= 0.6 is 0 Å². The van der Waals surface area contributed by atoms with Gasteiger partial charge in [-0.1, -0.05) is 0 Å². The van der Waals surface area contributed by atoms with Crippen LogP contribution in [0.3, 0.4) is 0 Å². The second kappa shape index (κ2) is 5.92. The van der Waals surface area contributed by atoms with Gasteiger partial charge in [0.2, 0.25) is 5.91 Å². The van der Waals surface area contributed by atoms with Crippen molar-refractivity contribution in [1.29, 1.82) is 0 Å². The topological polar surface area (TPSA) is 81.9 Å². The molecule has 1 aromatic carbocycles. The van der Waals surface area contributed by atoms with Crippen LogP contribution in [0.4, 0.5) is 5.69 Å². The number of hydrogen-bond acceptors (Lipinski definition) is 5. The van der Waals surface area contributed by atoms with Gasteiger partial charge < -0.3 is 20.1 Å². The molecular weight excluding hydrogens is 260 g/mol. The molecule has 6 heteroatoms. The maximum absolute atomic E-state index is 12.0. The van der Waals surface area contributed by atoms with E-state index in [0.29, 0.717) is 36.5 Å².